The number of anilines is 1. The maximum Gasteiger partial charge on any atom is 0.196 e. The van der Waals surface area contributed by atoms with Crippen molar-refractivity contribution in [2.75, 3.05) is 44.3 Å². The number of ketones is 1. The van der Waals surface area contributed by atoms with Crippen LogP contribution < -0.4 is 4.90 Å². The molecule has 2 aliphatic heterocycles. The summed E-state index contributed by atoms with van der Waals surface area (Å²) in [6.45, 7) is 10.5. The Kier molecular flexibility index (Phi) is 4.73. The van der Waals surface area contributed by atoms with Crippen molar-refractivity contribution < 1.29 is 9.53 Å². The number of hydrogen-bond donors (Lipinski definition) is 1. The molecule has 2 unspecified atom stereocenters. The molecule has 3 aromatic rings. The molecule has 1 aromatic carbocycles. The van der Waals surface area contributed by atoms with Crippen molar-refractivity contribution in [2.24, 2.45) is 11.8 Å². The van der Waals surface area contributed by atoms with Crippen LogP contribution in [0.15, 0.2) is 24.3 Å². The molecule has 1 N–H and O–H groups in total. The van der Waals surface area contributed by atoms with Crippen LogP contribution in [-0.2, 0) is 10.2 Å². The maximum absolute atomic E-state index is 13.7. The van der Waals surface area contributed by atoms with E-state index in [-0.39, 0.29) is 11.2 Å². The molecule has 1 saturated carbocycles. The van der Waals surface area contributed by atoms with Crippen molar-refractivity contribution in [1.82, 2.24) is 9.88 Å². The van der Waals surface area contributed by atoms with E-state index in [0.29, 0.717) is 22.8 Å². The molecule has 6 nitrogen and oxygen atoms in total. The van der Waals surface area contributed by atoms with Crippen LogP contribution in [0.4, 0.5) is 5.69 Å². The van der Waals surface area contributed by atoms with Gasteiger partial charge < -0.3 is 14.6 Å². The van der Waals surface area contributed by atoms with Gasteiger partial charge in [-0.05, 0) is 54.5 Å². The van der Waals surface area contributed by atoms with Crippen molar-refractivity contribution in [1.29, 1.82) is 5.26 Å². The lowest BCUT2D eigenvalue weighted by molar-refractivity contribution is -0.00548. The fourth-order valence-electron chi connectivity index (χ4n) is 7.31. The quantitative estimate of drug-likeness (QED) is 0.577. The zero-order chi connectivity index (χ0) is 23.9. The summed E-state index contributed by atoms with van der Waals surface area (Å²) in [5.41, 5.74) is 5.45. The number of nitriles is 1. The third-order valence-corrected chi connectivity index (χ3v) is 10.0. The van der Waals surface area contributed by atoms with E-state index in [1.54, 1.807) is 0 Å². The minimum Gasteiger partial charge on any atom is -0.379 e. The first-order valence-electron chi connectivity index (χ1n) is 12.8. The second kappa shape index (κ2) is 7.67. The number of nitrogens with one attached hydrogen (secondary N) is 1. The van der Waals surface area contributed by atoms with Crippen LogP contribution in [0, 0.1) is 23.2 Å². The third kappa shape index (κ3) is 3.10. The van der Waals surface area contributed by atoms with Gasteiger partial charge in [-0.1, -0.05) is 13.8 Å². The third-order valence-electron chi connectivity index (χ3n) is 8.97. The number of morpholine rings is 1. The number of ether oxygens (including phenoxy) is 1. The van der Waals surface area contributed by atoms with Crippen molar-refractivity contribution in [3.63, 3.8) is 0 Å². The monoisotopic (exact) mass is 486 g/mol. The van der Waals surface area contributed by atoms with E-state index in [1.807, 2.05) is 12.1 Å². The van der Waals surface area contributed by atoms with Gasteiger partial charge in [0.05, 0.1) is 29.0 Å². The molecular weight excluding hydrogens is 456 g/mol. The molecule has 180 valence electrons. The van der Waals surface area contributed by atoms with Crippen molar-refractivity contribution in [3.05, 3.63) is 51.5 Å². The SMILES string of the molecule is CC1(C)c2cc(N3CC4CCC(C3)C4N3CCOCC3)ccc2C(=O)c2c1[nH]c1cc(C#N)sc21. The van der Waals surface area contributed by atoms with Crippen molar-refractivity contribution >= 4 is 33.0 Å². The number of H-pyrrole nitrogens is 1. The number of carbonyl (C=O) groups excluding carboxylic acids is 1. The number of benzene rings is 1. The molecule has 7 heteroatoms. The van der Waals surface area contributed by atoms with E-state index >= 15 is 0 Å². The van der Waals surface area contributed by atoms with Crippen LogP contribution in [0.3, 0.4) is 0 Å². The van der Waals surface area contributed by atoms with Gasteiger partial charge >= 0.3 is 0 Å². The highest BCUT2D eigenvalue weighted by molar-refractivity contribution is 7.20. The lowest BCUT2D eigenvalue weighted by Crippen LogP contribution is -2.55. The first-order valence-corrected chi connectivity index (χ1v) is 13.6. The topological polar surface area (TPSA) is 72.4 Å². The Morgan fingerprint density at radius 2 is 1.89 bits per heavy atom. The second-order valence-electron chi connectivity index (χ2n) is 11.2. The Hall–Kier alpha value is -2.66. The number of aromatic amines is 1. The van der Waals surface area contributed by atoms with Gasteiger partial charge in [0.15, 0.2) is 5.78 Å². The summed E-state index contributed by atoms with van der Waals surface area (Å²) in [5, 5.41) is 9.32. The molecule has 2 atom stereocenters. The molecule has 7 rings (SSSR count). The van der Waals surface area contributed by atoms with Crippen LogP contribution in [0.5, 0.6) is 0 Å². The van der Waals surface area contributed by atoms with E-state index in [4.69, 9.17) is 4.74 Å². The van der Waals surface area contributed by atoms with Crippen molar-refractivity contribution in [2.45, 2.75) is 38.1 Å². The standard InChI is InChI=1S/C28H30N4O2S/c1-28(2)21-11-18(32-14-16-3-4-17(15-32)24(16)31-7-9-34-10-8-31)5-6-20(21)25(33)23-26-22(30-27(23)28)12-19(13-29)35-26/h5-6,11-12,16-17,24,30H,3-4,7-10,14-15H2,1-2H3. The normalized spacial score (nSPS) is 27.6. The maximum atomic E-state index is 13.7. The van der Waals surface area contributed by atoms with E-state index in [9.17, 15) is 10.1 Å². The molecule has 3 fully saturated rings. The van der Waals surface area contributed by atoms with E-state index < -0.39 is 0 Å². The van der Waals surface area contributed by atoms with Crippen LogP contribution in [0.25, 0.3) is 10.2 Å². The predicted molar refractivity (Wildman–Crippen MR) is 138 cm³/mol. The Labute approximate surface area is 209 Å². The Balaban J connectivity index is 1.22. The minimum absolute atomic E-state index is 0.0737. The van der Waals surface area contributed by atoms with Gasteiger partial charge in [-0.25, -0.2) is 0 Å². The molecule has 2 bridgehead atoms. The fraction of sp³-hybridized carbons (Fsp3) is 0.500. The molecule has 2 aromatic heterocycles. The molecule has 0 amide bonds. The van der Waals surface area contributed by atoms with E-state index in [2.05, 4.69) is 46.8 Å². The Morgan fingerprint density at radius 3 is 2.60 bits per heavy atom. The summed E-state index contributed by atoms with van der Waals surface area (Å²) in [6, 6.07) is 11.3. The number of thiophene rings is 1. The van der Waals surface area contributed by atoms with Gasteiger partial charge in [-0.3, -0.25) is 9.69 Å². The van der Waals surface area contributed by atoms with Gasteiger partial charge in [0.25, 0.3) is 0 Å². The summed E-state index contributed by atoms with van der Waals surface area (Å²) < 4.78 is 6.52. The molecule has 0 radical (unpaired) electrons. The zero-order valence-corrected chi connectivity index (χ0v) is 21.1. The van der Waals surface area contributed by atoms with Gasteiger partial charge in [0, 0.05) is 54.6 Å². The van der Waals surface area contributed by atoms with Crippen LogP contribution in [0.2, 0.25) is 0 Å². The second-order valence-corrected chi connectivity index (χ2v) is 12.2. The van der Waals surface area contributed by atoms with Gasteiger partial charge in [0.1, 0.15) is 10.9 Å². The highest BCUT2D eigenvalue weighted by Crippen LogP contribution is 2.47. The first-order chi connectivity index (χ1) is 17.0. The Bertz CT molecular complexity index is 1380. The molecule has 2 saturated heterocycles. The number of aromatic nitrogens is 1. The van der Waals surface area contributed by atoms with Crippen LogP contribution >= 0.6 is 11.3 Å². The summed E-state index contributed by atoms with van der Waals surface area (Å²) in [5.74, 6) is 1.48. The number of fused-ring (bicyclic) bond motifs is 6. The van der Waals surface area contributed by atoms with Gasteiger partial charge in [-0.15, -0.1) is 11.3 Å². The summed E-state index contributed by atoms with van der Waals surface area (Å²) in [7, 11) is 0. The molecule has 35 heavy (non-hydrogen) atoms. The van der Waals surface area contributed by atoms with Crippen LogP contribution in [-0.4, -0.2) is 61.1 Å². The highest BCUT2D eigenvalue weighted by atomic mass is 32.1. The number of rotatable bonds is 2. The van der Waals surface area contributed by atoms with E-state index in [0.717, 1.165) is 72.0 Å². The highest BCUT2D eigenvalue weighted by Gasteiger charge is 2.46. The number of carbonyl (C=O) groups is 1. The molecule has 4 heterocycles. The average Bonchev–Trinajstić information content (AvgIpc) is 3.52. The summed E-state index contributed by atoms with van der Waals surface area (Å²) >= 11 is 1.41. The van der Waals surface area contributed by atoms with E-state index in [1.165, 1.54) is 29.9 Å². The average molecular weight is 487 g/mol. The van der Waals surface area contributed by atoms with Crippen molar-refractivity contribution in [3.8, 4) is 6.07 Å². The molecule has 2 aliphatic carbocycles. The molecule has 0 spiro atoms. The molecular formula is C28H30N4O2S. The number of nitrogens with zero attached hydrogens (tertiary/aromatic N) is 3. The fourth-order valence-corrected chi connectivity index (χ4v) is 8.27. The van der Waals surface area contributed by atoms with Crippen LogP contribution in [0.1, 0.15) is 58.7 Å². The smallest absolute Gasteiger partial charge is 0.196 e. The molecule has 4 aliphatic rings. The first kappa shape index (κ1) is 21.6. The minimum atomic E-state index is -0.314. The summed E-state index contributed by atoms with van der Waals surface area (Å²) in [4.78, 5) is 23.1. The number of piperidine rings is 1. The lowest BCUT2D eigenvalue weighted by atomic mass is 9.71. The Morgan fingerprint density at radius 1 is 1.14 bits per heavy atom. The number of hydrogen-bond acceptors (Lipinski definition) is 6. The van der Waals surface area contributed by atoms with Gasteiger partial charge in [0.2, 0.25) is 0 Å². The predicted octanol–water partition coefficient (Wildman–Crippen LogP) is 4.52. The van der Waals surface area contributed by atoms with Gasteiger partial charge in [-0.2, -0.15) is 5.26 Å². The summed E-state index contributed by atoms with van der Waals surface area (Å²) in [6.07, 6.45) is 2.62. The zero-order valence-electron chi connectivity index (χ0n) is 20.3. The lowest BCUT2D eigenvalue weighted by Gasteiger charge is -2.46. The largest absolute Gasteiger partial charge is 0.379 e.